The van der Waals surface area contributed by atoms with Gasteiger partial charge < -0.3 is 9.16 Å². The number of hydrogen-bond acceptors (Lipinski definition) is 4. The van der Waals surface area contributed by atoms with Gasteiger partial charge in [0, 0.05) is 17.8 Å². The van der Waals surface area contributed by atoms with Gasteiger partial charge in [0.1, 0.15) is 5.75 Å². The largest absolute Gasteiger partial charge is 0.543 e. The SMILES string of the molecule is COC(=O)Cc1cnn(-c2cccc(O[Si](C)(C)C(C)(C)C)c2)c1. The summed E-state index contributed by atoms with van der Waals surface area (Å²) < 4.78 is 12.8. The quantitative estimate of drug-likeness (QED) is 0.607. The van der Waals surface area contributed by atoms with Crippen LogP contribution < -0.4 is 4.43 Å². The monoisotopic (exact) mass is 346 g/mol. The van der Waals surface area contributed by atoms with Crippen LogP contribution in [-0.4, -0.2) is 31.2 Å². The summed E-state index contributed by atoms with van der Waals surface area (Å²) in [5.41, 5.74) is 1.72. The van der Waals surface area contributed by atoms with Gasteiger partial charge in [0.25, 0.3) is 0 Å². The van der Waals surface area contributed by atoms with Crippen molar-refractivity contribution in [1.29, 1.82) is 0 Å². The van der Waals surface area contributed by atoms with Crippen LogP contribution in [-0.2, 0) is 16.0 Å². The first-order valence-corrected chi connectivity index (χ1v) is 10.9. The number of hydrogen-bond donors (Lipinski definition) is 0. The van der Waals surface area contributed by atoms with Gasteiger partial charge >= 0.3 is 5.97 Å². The lowest BCUT2D eigenvalue weighted by Gasteiger charge is -2.36. The highest BCUT2D eigenvalue weighted by molar-refractivity contribution is 6.74. The van der Waals surface area contributed by atoms with Crippen molar-refractivity contribution < 1.29 is 14.0 Å². The van der Waals surface area contributed by atoms with Gasteiger partial charge in [0.05, 0.1) is 25.4 Å². The standard InChI is InChI=1S/C18H26N2O3Si/c1-18(2,3)24(5,6)23-16-9-7-8-15(11-16)20-13-14(12-19-20)10-17(21)22-4/h7-9,11-13H,10H2,1-6H3. The number of rotatable bonds is 5. The average Bonchev–Trinajstić information content (AvgIpc) is 2.94. The summed E-state index contributed by atoms with van der Waals surface area (Å²) in [5, 5.41) is 4.47. The molecular formula is C18H26N2O3Si. The van der Waals surface area contributed by atoms with Crippen LogP contribution in [0, 0.1) is 0 Å². The van der Waals surface area contributed by atoms with E-state index in [0.717, 1.165) is 17.0 Å². The van der Waals surface area contributed by atoms with Gasteiger partial charge in [-0.2, -0.15) is 5.10 Å². The Morgan fingerprint density at radius 1 is 1.29 bits per heavy atom. The highest BCUT2D eigenvalue weighted by atomic mass is 28.4. The van der Waals surface area contributed by atoms with E-state index in [-0.39, 0.29) is 17.4 Å². The minimum Gasteiger partial charge on any atom is -0.543 e. The molecule has 24 heavy (non-hydrogen) atoms. The number of ether oxygens (including phenoxy) is 1. The molecule has 0 radical (unpaired) electrons. The maximum absolute atomic E-state index is 11.4. The minimum atomic E-state index is -1.88. The topological polar surface area (TPSA) is 53.3 Å². The highest BCUT2D eigenvalue weighted by Gasteiger charge is 2.38. The third kappa shape index (κ3) is 4.26. The number of esters is 1. The van der Waals surface area contributed by atoms with Crippen LogP contribution in [0.4, 0.5) is 0 Å². The highest BCUT2D eigenvalue weighted by Crippen LogP contribution is 2.37. The van der Waals surface area contributed by atoms with Gasteiger partial charge in [-0.1, -0.05) is 26.8 Å². The second kappa shape index (κ2) is 6.81. The molecule has 0 bridgehead atoms. The molecule has 1 aromatic carbocycles. The number of carbonyl (C=O) groups is 1. The summed E-state index contributed by atoms with van der Waals surface area (Å²) >= 11 is 0. The molecule has 0 N–H and O–H groups in total. The van der Waals surface area contributed by atoms with Crippen LogP contribution in [0.25, 0.3) is 5.69 Å². The van der Waals surface area contributed by atoms with Crippen LogP contribution in [0.2, 0.25) is 18.1 Å². The van der Waals surface area contributed by atoms with Gasteiger partial charge in [-0.25, -0.2) is 4.68 Å². The van der Waals surface area contributed by atoms with Crippen molar-refractivity contribution >= 4 is 14.3 Å². The van der Waals surface area contributed by atoms with Crippen LogP contribution in [0.15, 0.2) is 36.7 Å². The molecular weight excluding hydrogens is 320 g/mol. The van der Waals surface area contributed by atoms with Crippen LogP contribution in [0.3, 0.4) is 0 Å². The molecule has 2 rings (SSSR count). The molecule has 0 spiro atoms. The molecule has 2 aromatic rings. The van der Waals surface area contributed by atoms with Crippen LogP contribution >= 0.6 is 0 Å². The first kappa shape index (κ1) is 18.3. The molecule has 0 saturated carbocycles. The fraction of sp³-hybridized carbons (Fsp3) is 0.444. The molecule has 0 aliphatic heterocycles. The lowest BCUT2D eigenvalue weighted by atomic mass is 10.2. The molecule has 1 aromatic heterocycles. The molecule has 5 nitrogen and oxygen atoms in total. The van der Waals surface area contributed by atoms with Crippen LogP contribution in [0.1, 0.15) is 26.3 Å². The van der Waals surface area contributed by atoms with E-state index in [9.17, 15) is 4.79 Å². The van der Waals surface area contributed by atoms with Crippen molar-refractivity contribution in [2.75, 3.05) is 7.11 Å². The molecule has 0 atom stereocenters. The van der Waals surface area contributed by atoms with E-state index in [1.54, 1.807) is 10.9 Å². The average molecular weight is 347 g/mol. The van der Waals surface area contributed by atoms with Crippen molar-refractivity contribution in [3.05, 3.63) is 42.2 Å². The first-order chi connectivity index (χ1) is 11.1. The predicted octanol–water partition coefficient (Wildman–Crippen LogP) is 3.97. The Morgan fingerprint density at radius 2 is 2.00 bits per heavy atom. The van der Waals surface area contributed by atoms with Gasteiger partial charge in [0.2, 0.25) is 8.32 Å². The van der Waals surface area contributed by atoms with E-state index in [2.05, 4.69) is 43.7 Å². The predicted molar refractivity (Wildman–Crippen MR) is 97.1 cm³/mol. The van der Waals surface area contributed by atoms with Gasteiger partial charge in [0.15, 0.2) is 0 Å². The zero-order valence-corrected chi connectivity index (χ0v) is 16.3. The number of nitrogens with zero attached hydrogens (tertiary/aromatic N) is 2. The molecule has 6 heteroatoms. The van der Waals surface area contributed by atoms with Gasteiger partial charge in [-0.3, -0.25) is 4.79 Å². The summed E-state index contributed by atoms with van der Waals surface area (Å²) in [6, 6.07) is 7.88. The summed E-state index contributed by atoms with van der Waals surface area (Å²) in [4.78, 5) is 11.4. The van der Waals surface area contributed by atoms with Crippen molar-refractivity contribution in [2.24, 2.45) is 0 Å². The Labute approximate surface area is 144 Å². The molecule has 0 amide bonds. The van der Waals surface area contributed by atoms with Gasteiger partial charge in [-0.05, 0) is 30.3 Å². The number of aromatic nitrogens is 2. The molecule has 1 heterocycles. The van der Waals surface area contributed by atoms with E-state index in [1.807, 2.05) is 30.5 Å². The van der Waals surface area contributed by atoms with Crippen molar-refractivity contribution in [1.82, 2.24) is 9.78 Å². The Balaban J connectivity index is 2.20. The van der Waals surface area contributed by atoms with E-state index >= 15 is 0 Å². The first-order valence-electron chi connectivity index (χ1n) is 8.02. The summed E-state index contributed by atoms with van der Waals surface area (Å²) in [7, 11) is -0.499. The Kier molecular flexibility index (Phi) is 5.18. The maximum atomic E-state index is 11.4. The lowest BCUT2D eigenvalue weighted by Crippen LogP contribution is -2.43. The fourth-order valence-corrected chi connectivity index (χ4v) is 2.99. The molecule has 0 unspecified atom stereocenters. The normalized spacial score (nSPS) is 12.1. The smallest absolute Gasteiger partial charge is 0.310 e. The molecule has 0 aliphatic carbocycles. The molecule has 130 valence electrons. The third-order valence-corrected chi connectivity index (χ3v) is 8.83. The van der Waals surface area contributed by atoms with E-state index in [1.165, 1.54) is 7.11 Å². The third-order valence-electron chi connectivity index (χ3n) is 4.47. The van der Waals surface area contributed by atoms with E-state index in [0.29, 0.717) is 0 Å². The summed E-state index contributed by atoms with van der Waals surface area (Å²) in [6.07, 6.45) is 3.73. The second-order valence-corrected chi connectivity index (χ2v) is 12.1. The van der Waals surface area contributed by atoms with Crippen molar-refractivity contribution in [2.45, 2.75) is 45.3 Å². The fourth-order valence-electron chi connectivity index (χ4n) is 1.97. The Morgan fingerprint density at radius 3 is 2.62 bits per heavy atom. The Hall–Kier alpha value is -2.08. The lowest BCUT2D eigenvalue weighted by molar-refractivity contribution is -0.139. The molecule has 0 aliphatic rings. The van der Waals surface area contributed by atoms with E-state index in [4.69, 9.17) is 4.43 Å². The summed E-state index contributed by atoms with van der Waals surface area (Å²) in [6.45, 7) is 11.1. The summed E-state index contributed by atoms with van der Waals surface area (Å²) in [5.74, 6) is 0.577. The number of benzene rings is 1. The van der Waals surface area contributed by atoms with Crippen LogP contribution in [0.5, 0.6) is 5.75 Å². The number of carbonyl (C=O) groups excluding carboxylic acids is 1. The van der Waals surface area contributed by atoms with Crippen molar-refractivity contribution in [3.8, 4) is 11.4 Å². The molecule has 0 saturated heterocycles. The van der Waals surface area contributed by atoms with Crippen molar-refractivity contribution in [3.63, 3.8) is 0 Å². The minimum absolute atomic E-state index is 0.141. The van der Waals surface area contributed by atoms with E-state index < -0.39 is 8.32 Å². The van der Waals surface area contributed by atoms with Gasteiger partial charge in [-0.15, -0.1) is 0 Å². The Bertz CT molecular complexity index is 717. The second-order valence-electron chi connectivity index (χ2n) is 7.41. The molecule has 0 fully saturated rings. The zero-order valence-electron chi connectivity index (χ0n) is 15.3. The number of methoxy groups -OCH3 is 1. The maximum Gasteiger partial charge on any atom is 0.310 e. The zero-order chi connectivity index (χ0) is 18.0.